The number of carbonyl (C=O) groups excluding carboxylic acids is 1. The molecule has 3 aliphatic heterocycles. The fraction of sp³-hybridized carbons (Fsp3) is 0.805. The maximum Gasteiger partial charge on any atom is 0.220 e. The summed E-state index contributed by atoms with van der Waals surface area (Å²) in [7, 11) is 0. The van der Waals surface area contributed by atoms with E-state index in [9.17, 15) is 61.0 Å². The van der Waals surface area contributed by atoms with Crippen LogP contribution in [0.3, 0.4) is 0 Å². The molecular formula is C77H135NO18. The molecule has 0 saturated carbocycles. The summed E-state index contributed by atoms with van der Waals surface area (Å²) in [6.07, 6.45) is 48.4. The van der Waals surface area contributed by atoms with Gasteiger partial charge >= 0.3 is 0 Å². The second-order valence-corrected chi connectivity index (χ2v) is 26.7. The molecule has 3 rings (SSSR count). The zero-order valence-electron chi connectivity index (χ0n) is 59.1. The van der Waals surface area contributed by atoms with E-state index in [1.807, 2.05) is 6.08 Å². The number of aliphatic hydroxyl groups excluding tert-OH is 11. The molecule has 3 heterocycles. The molecule has 19 nitrogen and oxygen atoms in total. The van der Waals surface area contributed by atoms with Gasteiger partial charge in [-0.05, 0) is 70.6 Å². The molecule has 0 radical (unpaired) electrons. The second-order valence-electron chi connectivity index (χ2n) is 26.7. The minimum atomic E-state index is -1.99. The Kier molecular flexibility index (Phi) is 52.3. The van der Waals surface area contributed by atoms with Gasteiger partial charge in [0.25, 0.3) is 0 Å². The van der Waals surface area contributed by atoms with Gasteiger partial charge in [0.05, 0.1) is 38.6 Å². The van der Waals surface area contributed by atoms with Crippen LogP contribution < -0.4 is 5.32 Å². The lowest BCUT2D eigenvalue weighted by atomic mass is 9.96. The predicted molar refractivity (Wildman–Crippen MR) is 378 cm³/mol. The number of aliphatic hydroxyl groups is 11. The van der Waals surface area contributed by atoms with Crippen LogP contribution in [-0.2, 0) is 33.2 Å². The maximum absolute atomic E-state index is 13.4. The van der Waals surface area contributed by atoms with E-state index in [0.29, 0.717) is 6.42 Å². The molecule has 3 saturated heterocycles. The van der Waals surface area contributed by atoms with Crippen LogP contribution in [0.2, 0.25) is 0 Å². The highest BCUT2D eigenvalue weighted by molar-refractivity contribution is 5.76. The van der Waals surface area contributed by atoms with Gasteiger partial charge in [-0.1, -0.05) is 272 Å². The van der Waals surface area contributed by atoms with Crippen LogP contribution in [-0.4, -0.2) is 193 Å². The summed E-state index contributed by atoms with van der Waals surface area (Å²) in [4.78, 5) is 13.4. The van der Waals surface area contributed by atoms with Crippen molar-refractivity contribution in [1.29, 1.82) is 0 Å². The molecule has 0 aromatic carbocycles. The summed E-state index contributed by atoms with van der Waals surface area (Å²) in [5, 5.41) is 121. The van der Waals surface area contributed by atoms with Crippen molar-refractivity contribution < 1.29 is 89.4 Å². The topological polar surface area (TPSA) is 307 Å². The standard InChI is InChI=1S/C77H135NO18/c1-3-5-7-9-11-13-15-17-19-21-23-25-27-28-29-30-31-33-34-36-38-40-42-44-46-48-50-52-54-61(82)60(78-65(83)55-53-51-49-47-45-43-41-39-37-35-32-26-24-22-20-18-16-14-12-10-8-6-4-2)59-91-75-71(89)68(86)73(63(57-80)93-75)96-77-72(90)69(87)74(64(58-81)94-77)95-76-70(88)67(85)66(84)62(56-79)92-76/h6,8,12,14,18,20,24,26,35,37,41,43,52,54,60-64,66-77,79-82,84-90H,3-5,7,9-11,13,15-17,19,21-23,25,27-34,36,38-40,42,44-51,53,55-59H2,1-2H3,(H,78,83)/b8-6-,14-12-,20-18-,26-24-,37-35-,43-41-,54-52+. The molecule has 96 heavy (non-hydrogen) atoms. The Hall–Kier alpha value is -3.03. The minimum Gasteiger partial charge on any atom is -0.394 e. The Balaban J connectivity index is 1.42. The van der Waals surface area contributed by atoms with E-state index >= 15 is 0 Å². The van der Waals surface area contributed by atoms with E-state index in [4.69, 9.17) is 28.4 Å². The molecule has 17 unspecified atom stereocenters. The van der Waals surface area contributed by atoms with Crippen LogP contribution in [0.25, 0.3) is 0 Å². The molecule has 19 heteroatoms. The van der Waals surface area contributed by atoms with E-state index in [2.05, 4.69) is 92.1 Å². The lowest BCUT2D eigenvalue weighted by molar-refractivity contribution is -0.379. The lowest BCUT2D eigenvalue weighted by Gasteiger charge is -2.48. The average Bonchev–Trinajstić information content (AvgIpc) is 0.788. The van der Waals surface area contributed by atoms with Crippen molar-refractivity contribution in [2.45, 2.75) is 369 Å². The van der Waals surface area contributed by atoms with Gasteiger partial charge < -0.3 is 89.9 Å². The smallest absolute Gasteiger partial charge is 0.220 e. The average molecular weight is 1360 g/mol. The number of hydrogen-bond donors (Lipinski definition) is 12. The summed E-state index contributed by atoms with van der Waals surface area (Å²) in [6, 6.07) is -0.994. The first kappa shape index (κ1) is 87.2. The highest BCUT2D eigenvalue weighted by Gasteiger charge is 2.53. The largest absolute Gasteiger partial charge is 0.394 e. The number of nitrogens with one attached hydrogen (secondary N) is 1. The number of hydrogen-bond acceptors (Lipinski definition) is 18. The van der Waals surface area contributed by atoms with Gasteiger partial charge in [0, 0.05) is 6.42 Å². The molecule has 0 aromatic rings. The van der Waals surface area contributed by atoms with Crippen LogP contribution in [0.4, 0.5) is 0 Å². The van der Waals surface area contributed by atoms with Crippen LogP contribution in [0.15, 0.2) is 85.1 Å². The third-order valence-electron chi connectivity index (χ3n) is 18.4. The Morgan fingerprint density at radius 1 is 0.385 bits per heavy atom. The second kappa shape index (κ2) is 57.6. The van der Waals surface area contributed by atoms with Gasteiger partial charge in [0.1, 0.15) is 73.2 Å². The van der Waals surface area contributed by atoms with E-state index in [-0.39, 0.29) is 18.9 Å². The van der Waals surface area contributed by atoms with Gasteiger partial charge in [-0.15, -0.1) is 0 Å². The molecule has 3 aliphatic rings. The monoisotopic (exact) mass is 1360 g/mol. The van der Waals surface area contributed by atoms with Crippen LogP contribution >= 0.6 is 0 Å². The van der Waals surface area contributed by atoms with Crippen molar-refractivity contribution in [2.75, 3.05) is 26.4 Å². The molecule has 0 bridgehead atoms. The van der Waals surface area contributed by atoms with E-state index in [0.717, 1.165) is 89.9 Å². The fourth-order valence-corrected chi connectivity index (χ4v) is 12.4. The highest BCUT2D eigenvalue weighted by Crippen LogP contribution is 2.33. The Labute approximate surface area is 578 Å². The summed E-state index contributed by atoms with van der Waals surface area (Å²) in [5.74, 6) is -0.300. The van der Waals surface area contributed by atoms with Crippen molar-refractivity contribution in [3.63, 3.8) is 0 Å². The van der Waals surface area contributed by atoms with Gasteiger partial charge in [0.2, 0.25) is 5.91 Å². The van der Waals surface area contributed by atoms with Gasteiger partial charge in [0.15, 0.2) is 18.9 Å². The molecule has 0 aromatic heterocycles. The first-order chi connectivity index (χ1) is 46.8. The number of carbonyl (C=O) groups is 1. The molecule has 0 spiro atoms. The van der Waals surface area contributed by atoms with E-state index in [1.165, 1.54) is 148 Å². The number of ether oxygens (including phenoxy) is 6. The number of allylic oxidation sites excluding steroid dienone is 13. The quantitative estimate of drug-likeness (QED) is 0.0199. The lowest BCUT2D eigenvalue weighted by Crippen LogP contribution is -2.66. The van der Waals surface area contributed by atoms with Crippen molar-refractivity contribution in [1.82, 2.24) is 5.32 Å². The molecule has 1 amide bonds. The van der Waals surface area contributed by atoms with Crippen LogP contribution in [0.5, 0.6) is 0 Å². The maximum atomic E-state index is 13.4. The van der Waals surface area contributed by atoms with Gasteiger partial charge in [-0.3, -0.25) is 4.79 Å². The Morgan fingerprint density at radius 2 is 0.719 bits per heavy atom. The first-order valence-corrected chi connectivity index (χ1v) is 37.8. The van der Waals surface area contributed by atoms with Gasteiger partial charge in [-0.2, -0.15) is 0 Å². The van der Waals surface area contributed by atoms with Crippen LogP contribution in [0.1, 0.15) is 264 Å². The molecule has 3 fully saturated rings. The number of unbranched alkanes of at least 4 members (excludes halogenated alkanes) is 30. The normalized spacial score (nSPS) is 27.5. The molecule has 17 atom stereocenters. The predicted octanol–water partition coefficient (Wildman–Crippen LogP) is 11.4. The summed E-state index contributed by atoms with van der Waals surface area (Å²) >= 11 is 0. The molecule has 0 aliphatic carbocycles. The Bertz CT molecular complexity index is 2070. The van der Waals surface area contributed by atoms with E-state index < -0.39 is 124 Å². The summed E-state index contributed by atoms with van der Waals surface area (Å²) in [5.41, 5.74) is 0. The fourth-order valence-electron chi connectivity index (χ4n) is 12.4. The van der Waals surface area contributed by atoms with Gasteiger partial charge in [-0.25, -0.2) is 0 Å². The summed E-state index contributed by atoms with van der Waals surface area (Å²) < 4.78 is 34.4. The minimum absolute atomic E-state index is 0.209. The van der Waals surface area contributed by atoms with Crippen molar-refractivity contribution in [3.8, 4) is 0 Å². The Morgan fingerprint density at radius 3 is 1.12 bits per heavy atom. The van der Waals surface area contributed by atoms with Crippen molar-refractivity contribution in [2.24, 2.45) is 0 Å². The van der Waals surface area contributed by atoms with E-state index in [1.54, 1.807) is 6.08 Å². The molecular weight excluding hydrogens is 1230 g/mol. The highest BCUT2D eigenvalue weighted by atomic mass is 16.8. The molecule has 556 valence electrons. The van der Waals surface area contributed by atoms with Crippen molar-refractivity contribution in [3.05, 3.63) is 85.1 Å². The SMILES string of the molecule is CC/C=C\C/C=C\C/C=C\C/C=C\C/C=C\C/C=C\CCCCCCC(=O)NC(COC1OC(CO)C(OC2OC(CO)C(OC3OC(CO)C(O)C(O)C3O)C(O)C2O)C(O)C1O)C(O)/C=C/CCCCCCCCCCCCCCCCCCCCCCCCCCCC. The zero-order valence-corrected chi connectivity index (χ0v) is 59.1. The number of amides is 1. The first-order valence-electron chi connectivity index (χ1n) is 37.8. The summed E-state index contributed by atoms with van der Waals surface area (Å²) in [6.45, 7) is 1.62. The third-order valence-corrected chi connectivity index (χ3v) is 18.4. The zero-order chi connectivity index (χ0) is 69.6. The number of rotatable bonds is 58. The van der Waals surface area contributed by atoms with Crippen LogP contribution in [0, 0.1) is 0 Å². The van der Waals surface area contributed by atoms with Crippen molar-refractivity contribution >= 4 is 5.91 Å². The third kappa shape index (κ3) is 38.1. The molecule has 12 N–H and O–H groups in total.